The van der Waals surface area contributed by atoms with Crippen LogP contribution in [0.3, 0.4) is 0 Å². The number of hydrogen-bond donors (Lipinski definition) is 5. The lowest BCUT2D eigenvalue weighted by Gasteiger charge is -2.17. The topological polar surface area (TPSA) is 146 Å². The van der Waals surface area contributed by atoms with Gasteiger partial charge in [-0.3, -0.25) is 25.6 Å². The predicted molar refractivity (Wildman–Crippen MR) is 111 cm³/mol. The number of carbonyl (C=O) groups is 3. The standard InChI is InChI=1S/C18H25Cl2N5O4/c1-3-10(2)15(21)16(27)23-7-8-29-18(28)25-17(22)24-14(26)9-11-12(19)5-4-6-13(11)20/h4-6,10,15H,3,7-9,21H2,1-2H3,(H,23,27)(H3,22,24,25,26,28)/t10-,15-/m0/s1. The molecule has 11 heteroatoms. The summed E-state index contributed by atoms with van der Waals surface area (Å²) in [6.07, 6.45) is -0.351. The minimum atomic E-state index is -0.952. The molecule has 0 aromatic heterocycles. The van der Waals surface area contributed by atoms with Crippen LogP contribution in [0.5, 0.6) is 0 Å². The maximum absolute atomic E-state index is 12.0. The summed E-state index contributed by atoms with van der Waals surface area (Å²) in [4.78, 5) is 35.4. The summed E-state index contributed by atoms with van der Waals surface area (Å²) in [6, 6.07) is 4.19. The van der Waals surface area contributed by atoms with Crippen LogP contribution >= 0.6 is 23.2 Å². The molecule has 0 saturated heterocycles. The molecule has 0 aliphatic rings. The first kappa shape index (κ1) is 24.7. The summed E-state index contributed by atoms with van der Waals surface area (Å²) in [7, 11) is 0. The van der Waals surface area contributed by atoms with Crippen LogP contribution in [0.2, 0.25) is 10.0 Å². The molecule has 0 unspecified atom stereocenters. The molecular formula is C18H25Cl2N5O4. The Balaban J connectivity index is 2.31. The van der Waals surface area contributed by atoms with Crippen LogP contribution in [0.1, 0.15) is 25.8 Å². The summed E-state index contributed by atoms with van der Waals surface area (Å²) >= 11 is 12.0. The normalized spacial score (nSPS) is 12.4. The number of hydrogen-bond acceptors (Lipinski definition) is 6. The third kappa shape index (κ3) is 8.68. The van der Waals surface area contributed by atoms with Crippen molar-refractivity contribution in [3.05, 3.63) is 33.8 Å². The van der Waals surface area contributed by atoms with E-state index >= 15 is 0 Å². The number of alkyl carbamates (subject to hydrolysis) is 1. The number of ether oxygens (including phenoxy) is 1. The molecule has 0 heterocycles. The third-order valence-electron chi connectivity index (χ3n) is 4.08. The number of benzene rings is 1. The Kier molecular flexibility index (Phi) is 10.4. The maximum Gasteiger partial charge on any atom is 0.414 e. The van der Waals surface area contributed by atoms with E-state index in [2.05, 4.69) is 16.0 Å². The summed E-state index contributed by atoms with van der Waals surface area (Å²) in [5.41, 5.74) is 6.19. The summed E-state index contributed by atoms with van der Waals surface area (Å²) in [5, 5.41) is 15.0. The van der Waals surface area contributed by atoms with Gasteiger partial charge in [0.1, 0.15) is 6.61 Å². The lowest BCUT2D eigenvalue weighted by atomic mass is 9.99. The SMILES string of the molecule is CC[C@H](C)[C@H](N)C(=O)NCCOC(=O)NC(=N)NC(=O)Cc1c(Cl)cccc1Cl. The second kappa shape index (κ2) is 12.3. The molecule has 0 saturated carbocycles. The summed E-state index contributed by atoms with van der Waals surface area (Å²) < 4.78 is 4.83. The van der Waals surface area contributed by atoms with Gasteiger partial charge in [0.25, 0.3) is 0 Å². The molecular weight excluding hydrogens is 421 g/mol. The molecule has 0 bridgehead atoms. The van der Waals surface area contributed by atoms with Gasteiger partial charge in [0.05, 0.1) is 19.0 Å². The fourth-order valence-electron chi connectivity index (χ4n) is 2.16. The van der Waals surface area contributed by atoms with E-state index < -0.39 is 24.0 Å². The number of amides is 3. The Hall–Kier alpha value is -2.36. The molecule has 0 radical (unpaired) electrons. The van der Waals surface area contributed by atoms with Gasteiger partial charge in [-0.2, -0.15) is 0 Å². The molecule has 6 N–H and O–H groups in total. The molecule has 0 spiro atoms. The molecule has 1 rings (SSSR count). The first-order valence-corrected chi connectivity index (χ1v) is 9.69. The number of guanidine groups is 1. The zero-order chi connectivity index (χ0) is 22.0. The highest BCUT2D eigenvalue weighted by atomic mass is 35.5. The Morgan fingerprint density at radius 2 is 1.83 bits per heavy atom. The number of carbonyl (C=O) groups excluding carboxylic acids is 3. The van der Waals surface area contributed by atoms with E-state index in [4.69, 9.17) is 39.1 Å². The van der Waals surface area contributed by atoms with Gasteiger partial charge >= 0.3 is 6.09 Å². The average molecular weight is 446 g/mol. The second-order valence-electron chi connectivity index (χ2n) is 6.26. The molecule has 3 amide bonds. The molecule has 29 heavy (non-hydrogen) atoms. The van der Waals surface area contributed by atoms with E-state index in [1.807, 2.05) is 13.8 Å². The molecule has 160 valence electrons. The molecule has 0 aliphatic carbocycles. The van der Waals surface area contributed by atoms with Crippen molar-refractivity contribution in [1.82, 2.24) is 16.0 Å². The molecule has 0 aliphatic heterocycles. The number of rotatable bonds is 8. The van der Waals surface area contributed by atoms with E-state index in [1.165, 1.54) is 0 Å². The van der Waals surface area contributed by atoms with E-state index in [9.17, 15) is 14.4 Å². The van der Waals surface area contributed by atoms with Gasteiger partial charge in [-0.15, -0.1) is 0 Å². The average Bonchev–Trinajstić information content (AvgIpc) is 2.66. The van der Waals surface area contributed by atoms with Crippen molar-refractivity contribution in [3.63, 3.8) is 0 Å². The summed E-state index contributed by atoms with van der Waals surface area (Å²) in [5.74, 6) is -1.45. The zero-order valence-corrected chi connectivity index (χ0v) is 17.7. The second-order valence-corrected chi connectivity index (χ2v) is 7.08. The highest BCUT2D eigenvalue weighted by Gasteiger charge is 2.19. The van der Waals surface area contributed by atoms with Crippen molar-refractivity contribution >= 4 is 47.1 Å². The van der Waals surface area contributed by atoms with Crippen molar-refractivity contribution in [2.45, 2.75) is 32.7 Å². The van der Waals surface area contributed by atoms with E-state index in [0.717, 1.165) is 6.42 Å². The fraction of sp³-hybridized carbons (Fsp3) is 0.444. The molecule has 1 aromatic rings. The Morgan fingerprint density at radius 1 is 1.21 bits per heavy atom. The van der Waals surface area contributed by atoms with Crippen LogP contribution in [0.15, 0.2) is 18.2 Å². The predicted octanol–water partition coefficient (Wildman–Crippen LogP) is 1.80. The smallest absolute Gasteiger partial charge is 0.414 e. The van der Waals surface area contributed by atoms with Gasteiger partial charge in [-0.1, -0.05) is 49.5 Å². The van der Waals surface area contributed by atoms with Crippen LogP contribution in [0.25, 0.3) is 0 Å². The van der Waals surface area contributed by atoms with E-state index in [0.29, 0.717) is 15.6 Å². The first-order valence-electron chi connectivity index (χ1n) is 8.94. The van der Waals surface area contributed by atoms with Crippen LogP contribution in [-0.2, 0) is 20.7 Å². The quantitative estimate of drug-likeness (QED) is 0.235. The van der Waals surface area contributed by atoms with Gasteiger partial charge in [-0.05, 0) is 23.6 Å². The maximum atomic E-state index is 12.0. The van der Waals surface area contributed by atoms with Crippen LogP contribution in [0.4, 0.5) is 4.79 Å². The Morgan fingerprint density at radius 3 is 2.41 bits per heavy atom. The fourth-order valence-corrected chi connectivity index (χ4v) is 2.69. The first-order chi connectivity index (χ1) is 13.6. The monoisotopic (exact) mass is 445 g/mol. The van der Waals surface area contributed by atoms with Crippen LogP contribution in [-0.4, -0.2) is 43.1 Å². The van der Waals surface area contributed by atoms with Gasteiger partial charge in [-0.25, -0.2) is 4.79 Å². The Labute approximate surface area is 179 Å². The lowest BCUT2D eigenvalue weighted by molar-refractivity contribution is -0.123. The zero-order valence-electron chi connectivity index (χ0n) is 16.2. The van der Waals surface area contributed by atoms with Gasteiger partial charge in [0, 0.05) is 10.0 Å². The van der Waals surface area contributed by atoms with Crippen LogP contribution < -0.4 is 21.7 Å². The number of nitrogens with one attached hydrogen (secondary N) is 4. The van der Waals surface area contributed by atoms with Gasteiger partial charge in [0.2, 0.25) is 17.8 Å². The number of halogens is 2. The van der Waals surface area contributed by atoms with Crippen molar-refractivity contribution in [2.75, 3.05) is 13.2 Å². The lowest BCUT2D eigenvalue weighted by Crippen LogP contribution is -2.46. The molecule has 0 fully saturated rings. The minimum absolute atomic E-state index is 0.0314. The largest absolute Gasteiger partial charge is 0.447 e. The van der Waals surface area contributed by atoms with Gasteiger partial charge < -0.3 is 15.8 Å². The molecule has 1 aromatic carbocycles. The highest BCUT2D eigenvalue weighted by molar-refractivity contribution is 6.36. The van der Waals surface area contributed by atoms with Crippen molar-refractivity contribution in [2.24, 2.45) is 11.7 Å². The Bertz CT molecular complexity index is 740. The van der Waals surface area contributed by atoms with Crippen molar-refractivity contribution < 1.29 is 19.1 Å². The van der Waals surface area contributed by atoms with Gasteiger partial charge in [0.15, 0.2) is 0 Å². The van der Waals surface area contributed by atoms with E-state index in [1.54, 1.807) is 18.2 Å². The number of nitrogens with two attached hydrogens (primary N) is 1. The minimum Gasteiger partial charge on any atom is -0.447 e. The molecule has 2 atom stereocenters. The van der Waals surface area contributed by atoms with Crippen LogP contribution in [0, 0.1) is 11.3 Å². The third-order valence-corrected chi connectivity index (χ3v) is 4.79. The summed E-state index contributed by atoms with van der Waals surface area (Å²) in [6.45, 7) is 3.75. The molecule has 9 nitrogen and oxygen atoms in total. The van der Waals surface area contributed by atoms with Crippen molar-refractivity contribution in [1.29, 1.82) is 5.41 Å². The highest BCUT2D eigenvalue weighted by Crippen LogP contribution is 2.24. The van der Waals surface area contributed by atoms with E-state index in [-0.39, 0.29) is 31.4 Å². The van der Waals surface area contributed by atoms with Crippen molar-refractivity contribution in [3.8, 4) is 0 Å².